The van der Waals surface area contributed by atoms with Crippen LogP contribution in [0.25, 0.3) is 0 Å². The van der Waals surface area contributed by atoms with E-state index in [-0.39, 0.29) is 24.0 Å². The molecule has 0 fully saturated rings. The molecule has 0 bridgehead atoms. The van der Waals surface area contributed by atoms with Crippen molar-refractivity contribution in [3.05, 3.63) is 29.8 Å². The number of nitrogens with one attached hydrogen (secondary N) is 2. The number of hydrogen-bond acceptors (Lipinski definition) is 4. The lowest BCUT2D eigenvalue weighted by Gasteiger charge is -2.14. The third-order valence-corrected chi connectivity index (χ3v) is 3.92. The van der Waals surface area contributed by atoms with Gasteiger partial charge in [0.05, 0.1) is 6.54 Å². The van der Waals surface area contributed by atoms with Crippen molar-refractivity contribution in [3.8, 4) is 5.75 Å². The number of ether oxygens (including phenoxy) is 2. The summed E-state index contributed by atoms with van der Waals surface area (Å²) in [5, 5.41) is 6.66. The molecule has 0 aliphatic carbocycles. The first-order valence-electron chi connectivity index (χ1n) is 10.1. The quantitative estimate of drug-likeness (QED) is 0.175. The fourth-order valence-corrected chi connectivity index (χ4v) is 2.35. The molecule has 1 rings (SSSR count). The monoisotopic (exact) mass is 506 g/mol. The summed E-state index contributed by atoms with van der Waals surface area (Å²) in [6.07, 6.45) is 3.28. The topological polar surface area (TPSA) is 58.1 Å². The van der Waals surface area contributed by atoms with Crippen LogP contribution in [0.4, 0.5) is 0 Å². The molecule has 0 saturated carbocycles. The summed E-state index contributed by atoms with van der Waals surface area (Å²) in [6.45, 7) is 9.72. The van der Waals surface area contributed by atoms with Crippen LogP contribution in [-0.2, 0) is 11.3 Å². The van der Waals surface area contributed by atoms with E-state index in [2.05, 4.69) is 35.4 Å². The highest BCUT2D eigenvalue weighted by molar-refractivity contribution is 14.0. The zero-order valence-corrected chi connectivity index (χ0v) is 20.3. The van der Waals surface area contributed by atoms with E-state index in [0.29, 0.717) is 13.2 Å². The number of nitrogens with zero attached hydrogens (tertiary/aromatic N) is 2. The molecule has 28 heavy (non-hydrogen) atoms. The Labute approximate surface area is 188 Å². The Balaban J connectivity index is 0.00000729. The van der Waals surface area contributed by atoms with Gasteiger partial charge in [-0.3, -0.25) is 0 Å². The minimum atomic E-state index is 0. The van der Waals surface area contributed by atoms with Crippen LogP contribution in [0, 0.1) is 0 Å². The molecule has 1 aromatic rings. The van der Waals surface area contributed by atoms with E-state index in [4.69, 9.17) is 14.5 Å². The molecule has 0 aliphatic heterocycles. The number of halogens is 1. The molecule has 7 heteroatoms. The van der Waals surface area contributed by atoms with E-state index in [1.165, 1.54) is 6.42 Å². The minimum absolute atomic E-state index is 0. The van der Waals surface area contributed by atoms with Crippen molar-refractivity contribution in [2.45, 2.75) is 39.7 Å². The van der Waals surface area contributed by atoms with Crippen LogP contribution in [0.15, 0.2) is 29.3 Å². The van der Waals surface area contributed by atoms with Gasteiger partial charge < -0.3 is 25.0 Å². The highest BCUT2D eigenvalue weighted by atomic mass is 127. The van der Waals surface area contributed by atoms with Crippen molar-refractivity contribution in [1.82, 2.24) is 15.5 Å². The van der Waals surface area contributed by atoms with Crippen LogP contribution in [0.3, 0.4) is 0 Å². The molecule has 0 spiro atoms. The van der Waals surface area contributed by atoms with E-state index in [0.717, 1.165) is 63.0 Å². The fraction of sp³-hybridized carbons (Fsp3) is 0.667. The van der Waals surface area contributed by atoms with Gasteiger partial charge in [0.2, 0.25) is 0 Å². The second-order valence-electron chi connectivity index (χ2n) is 6.70. The Bertz CT molecular complexity index is 527. The van der Waals surface area contributed by atoms with Gasteiger partial charge in [-0.1, -0.05) is 31.5 Å². The highest BCUT2D eigenvalue weighted by Crippen LogP contribution is 2.18. The molecule has 0 unspecified atom stereocenters. The number of unbranched alkanes of at least 4 members (excludes halogenated alkanes) is 1. The first-order chi connectivity index (χ1) is 13.2. The predicted octanol–water partition coefficient (Wildman–Crippen LogP) is 3.51. The Morgan fingerprint density at radius 2 is 1.79 bits per heavy atom. The summed E-state index contributed by atoms with van der Waals surface area (Å²) in [5.41, 5.74) is 1.09. The van der Waals surface area contributed by atoms with E-state index in [1.54, 1.807) is 0 Å². The first-order valence-corrected chi connectivity index (χ1v) is 10.1. The summed E-state index contributed by atoms with van der Waals surface area (Å²) in [4.78, 5) is 6.81. The molecule has 0 saturated heterocycles. The van der Waals surface area contributed by atoms with E-state index < -0.39 is 0 Å². The first kappa shape index (κ1) is 26.9. The summed E-state index contributed by atoms with van der Waals surface area (Å²) >= 11 is 0. The smallest absolute Gasteiger partial charge is 0.191 e. The van der Waals surface area contributed by atoms with E-state index in [1.807, 2.05) is 32.3 Å². The number of hydrogen-bond donors (Lipinski definition) is 2. The molecule has 0 heterocycles. The van der Waals surface area contributed by atoms with Gasteiger partial charge in [-0.05, 0) is 39.9 Å². The highest BCUT2D eigenvalue weighted by Gasteiger charge is 2.04. The molecule has 0 aromatic heterocycles. The second kappa shape index (κ2) is 18.0. The number of benzene rings is 1. The minimum Gasteiger partial charge on any atom is -0.492 e. The number of rotatable bonds is 14. The maximum Gasteiger partial charge on any atom is 0.191 e. The van der Waals surface area contributed by atoms with Gasteiger partial charge in [0.25, 0.3) is 0 Å². The van der Waals surface area contributed by atoms with Crippen molar-refractivity contribution in [2.24, 2.45) is 4.99 Å². The third-order valence-electron chi connectivity index (χ3n) is 3.92. The van der Waals surface area contributed by atoms with Crippen LogP contribution in [-0.4, -0.2) is 64.4 Å². The van der Waals surface area contributed by atoms with Crippen LogP contribution >= 0.6 is 24.0 Å². The number of para-hydroxylation sites is 1. The van der Waals surface area contributed by atoms with Gasteiger partial charge in [0.1, 0.15) is 12.4 Å². The summed E-state index contributed by atoms with van der Waals surface area (Å²) in [7, 11) is 4.09. The van der Waals surface area contributed by atoms with Gasteiger partial charge in [-0.25, -0.2) is 4.99 Å². The van der Waals surface area contributed by atoms with Gasteiger partial charge in [-0.15, -0.1) is 24.0 Å². The van der Waals surface area contributed by atoms with E-state index >= 15 is 0 Å². The lowest BCUT2D eigenvalue weighted by atomic mass is 10.2. The standard InChI is InChI=1S/C21H38N4O2.HI/c1-5-7-15-26-16-10-13-23-21(22-6-2)24-18-19-11-8-9-12-20(19)27-17-14-25(3)4;/h8-9,11-12H,5-7,10,13-18H2,1-4H3,(H2,22,23,24);1H. The molecule has 6 nitrogen and oxygen atoms in total. The predicted molar refractivity (Wildman–Crippen MR) is 129 cm³/mol. The average molecular weight is 506 g/mol. The van der Waals surface area contributed by atoms with Gasteiger partial charge >= 0.3 is 0 Å². The van der Waals surface area contributed by atoms with Crippen LogP contribution in [0.5, 0.6) is 5.75 Å². The molecule has 0 atom stereocenters. The molecule has 162 valence electrons. The molecule has 0 amide bonds. The van der Waals surface area contributed by atoms with Crippen LogP contribution in [0.2, 0.25) is 0 Å². The maximum atomic E-state index is 5.92. The Kier molecular flexibility index (Phi) is 17.3. The zero-order valence-electron chi connectivity index (χ0n) is 18.0. The summed E-state index contributed by atoms with van der Waals surface area (Å²) in [6, 6.07) is 8.10. The SMILES string of the molecule is CCCCOCCCNC(=NCc1ccccc1OCCN(C)C)NCC.I. The maximum absolute atomic E-state index is 5.92. The van der Waals surface area contributed by atoms with Crippen molar-refractivity contribution >= 4 is 29.9 Å². The van der Waals surface area contributed by atoms with Gasteiger partial charge in [0, 0.05) is 38.4 Å². The number of guanidine groups is 1. The molecule has 0 radical (unpaired) electrons. The van der Waals surface area contributed by atoms with Gasteiger partial charge in [-0.2, -0.15) is 0 Å². The molecular weight excluding hydrogens is 467 g/mol. The zero-order chi connectivity index (χ0) is 19.7. The second-order valence-corrected chi connectivity index (χ2v) is 6.70. The van der Waals surface area contributed by atoms with Crippen molar-refractivity contribution in [1.29, 1.82) is 0 Å². The average Bonchev–Trinajstić information content (AvgIpc) is 2.66. The largest absolute Gasteiger partial charge is 0.492 e. The lowest BCUT2D eigenvalue weighted by molar-refractivity contribution is 0.129. The summed E-state index contributed by atoms with van der Waals surface area (Å²) < 4.78 is 11.5. The van der Waals surface area contributed by atoms with E-state index in [9.17, 15) is 0 Å². The molecule has 2 N–H and O–H groups in total. The van der Waals surface area contributed by atoms with Gasteiger partial charge in [0.15, 0.2) is 5.96 Å². The third kappa shape index (κ3) is 13.2. The van der Waals surface area contributed by atoms with Crippen molar-refractivity contribution in [2.75, 3.05) is 53.6 Å². The fourth-order valence-electron chi connectivity index (χ4n) is 2.35. The van der Waals surface area contributed by atoms with Crippen molar-refractivity contribution < 1.29 is 9.47 Å². The lowest BCUT2D eigenvalue weighted by Crippen LogP contribution is -2.38. The van der Waals surface area contributed by atoms with Crippen LogP contribution in [0.1, 0.15) is 38.7 Å². The Hall–Kier alpha value is -1.06. The Morgan fingerprint density at radius 3 is 2.50 bits per heavy atom. The number of aliphatic imine (C=N–C) groups is 1. The number of likely N-dealkylation sites (N-methyl/N-ethyl adjacent to an activating group) is 1. The summed E-state index contributed by atoms with van der Waals surface area (Å²) in [5.74, 6) is 1.73. The molecule has 1 aromatic carbocycles. The van der Waals surface area contributed by atoms with Crippen molar-refractivity contribution in [3.63, 3.8) is 0 Å². The van der Waals surface area contributed by atoms with Crippen LogP contribution < -0.4 is 15.4 Å². The molecular formula is C21H39IN4O2. The normalized spacial score (nSPS) is 11.2. The Morgan fingerprint density at radius 1 is 1.04 bits per heavy atom. The molecule has 0 aliphatic rings.